The van der Waals surface area contributed by atoms with E-state index >= 15 is 0 Å². The summed E-state index contributed by atoms with van der Waals surface area (Å²) in [6, 6.07) is 18.6. The van der Waals surface area contributed by atoms with Crippen molar-refractivity contribution >= 4 is 57.9 Å². The van der Waals surface area contributed by atoms with E-state index in [1.54, 1.807) is 25.1 Å². The number of thiophene rings is 1. The summed E-state index contributed by atoms with van der Waals surface area (Å²) in [7, 11) is 1.51. The van der Waals surface area contributed by atoms with E-state index in [1.165, 1.54) is 30.2 Å². The van der Waals surface area contributed by atoms with E-state index in [-0.39, 0.29) is 17.6 Å². The molecule has 1 unspecified atom stereocenters. The Hall–Kier alpha value is -3.71. The van der Waals surface area contributed by atoms with Gasteiger partial charge in [0.1, 0.15) is 5.75 Å². The molecule has 10 heteroatoms. The van der Waals surface area contributed by atoms with Gasteiger partial charge in [-0.05, 0) is 55.1 Å². The number of benzene rings is 2. The topological polar surface area (TPSA) is 103 Å². The highest BCUT2D eigenvalue weighted by atomic mass is 35.5. The summed E-state index contributed by atoms with van der Waals surface area (Å²) < 4.78 is 5.30. The molecule has 3 aromatic rings. The van der Waals surface area contributed by atoms with Crippen molar-refractivity contribution in [3.63, 3.8) is 0 Å². The molecular formula is C28H25ClN4O3S2. The maximum atomic E-state index is 13.5. The van der Waals surface area contributed by atoms with E-state index in [0.717, 1.165) is 10.4 Å². The van der Waals surface area contributed by atoms with Gasteiger partial charge in [-0.15, -0.1) is 11.3 Å². The molecule has 0 radical (unpaired) electrons. The van der Waals surface area contributed by atoms with Gasteiger partial charge in [0.15, 0.2) is 0 Å². The number of rotatable bonds is 8. The predicted molar refractivity (Wildman–Crippen MR) is 154 cm³/mol. The van der Waals surface area contributed by atoms with E-state index in [4.69, 9.17) is 16.3 Å². The Balaban J connectivity index is 1.59. The zero-order chi connectivity index (χ0) is 27.2. The van der Waals surface area contributed by atoms with Gasteiger partial charge < -0.3 is 20.7 Å². The molecule has 0 saturated carbocycles. The number of allylic oxidation sites excluding steroid dienone is 2. The van der Waals surface area contributed by atoms with Gasteiger partial charge in [0.05, 0.1) is 41.1 Å². The first kappa shape index (κ1) is 27.3. The van der Waals surface area contributed by atoms with Crippen molar-refractivity contribution in [2.75, 3.05) is 23.5 Å². The summed E-state index contributed by atoms with van der Waals surface area (Å²) in [4.78, 5) is 27.2. The van der Waals surface area contributed by atoms with Gasteiger partial charge in [-0.1, -0.05) is 47.6 Å². The standard InChI is InChI=1S/C28H25ClN4O3S2/c1-16-7-4-5-8-20(16)33-27(35)25-17(2)31-28(19(14-30)26(25)23-9-6-12-37-23)38-15-24(34)32-21-13-18(29)10-11-22(21)36-3/h4-13,26,31H,15H2,1-3H3,(H,32,34)(H,33,35). The van der Waals surface area contributed by atoms with Crippen molar-refractivity contribution in [1.82, 2.24) is 5.32 Å². The van der Waals surface area contributed by atoms with Crippen molar-refractivity contribution < 1.29 is 14.3 Å². The highest BCUT2D eigenvalue weighted by Crippen LogP contribution is 2.42. The quantitative estimate of drug-likeness (QED) is 0.291. The van der Waals surface area contributed by atoms with Gasteiger partial charge in [-0.2, -0.15) is 5.26 Å². The monoisotopic (exact) mass is 564 g/mol. The molecule has 38 heavy (non-hydrogen) atoms. The van der Waals surface area contributed by atoms with Crippen LogP contribution in [0.2, 0.25) is 5.02 Å². The number of nitrogens with zero attached hydrogens (tertiary/aromatic N) is 1. The Morgan fingerprint density at radius 3 is 2.61 bits per heavy atom. The molecule has 1 aromatic heterocycles. The summed E-state index contributed by atoms with van der Waals surface area (Å²) in [5, 5.41) is 22.1. The number of anilines is 2. The third kappa shape index (κ3) is 6.05. The first-order valence-corrected chi connectivity index (χ1v) is 13.8. The summed E-state index contributed by atoms with van der Waals surface area (Å²) >= 11 is 8.74. The molecule has 2 heterocycles. The van der Waals surface area contributed by atoms with E-state index in [1.807, 2.05) is 48.7 Å². The Morgan fingerprint density at radius 1 is 1.13 bits per heavy atom. The molecule has 0 aliphatic carbocycles. The molecular weight excluding hydrogens is 540 g/mol. The fraction of sp³-hybridized carbons (Fsp3) is 0.179. The van der Waals surface area contributed by atoms with Crippen molar-refractivity contribution in [3.8, 4) is 11.8 Å². The highest BCUT2D eigenvalue weighted by Gasteiger charge is 2.35. The van der Waals surface area contributed by atoms with Gasteiger partial charge >= 0.3 is 0 Å². The molecule has 0 bridgehead atoms. The van der Waals surface area contributed by atoms with Crippen LogP contribution in [0.4, 0.5) is 11.4 Å². The molecule has 2 amide bonds. The Morgan fingerprint density at radius 2 is 1.92 bits per heavy atom. The molecule has 2 aromatic carbocycles. The van der Waals surface area contributed by atoms with Crippen LogP contribution in [-0.4, -0.2) is 24.7 Å². The van der Waals surface area contributed by atoms with Crippen LogP contribution in [0.25, 0.3) is 0 Å². The number of hydrogen-bond acceptors (Lipinski definition) is 7. The molecule has 0 spiro atoms. The number of carbonyl (C=O) groups is 2. The predicted octanol–water partition coefficient (Wildman–Crippen LogP) is 6.43. The third-order valence-electron chi connectivity index (χ3n) is 5.90. The van der Waals surface area contributed by atoms with E-state index < -0.39 is 5.92 Å². The molecule has 1 aliphatic rings. The zero-order valence-corrected chi connectivity index (χ0v) is 23.3. The Bertz CT molecular complexity index is 1480. The normalized spacial score (nSPS) is 15.0. The lowest BCUT2D eigenvalue weighted by atomic mass is 9.86. The van der Waals surface area contributed by atoms with Crippen LogP contribution in [-0.2, 0) is 9.59 Å². The van der Waals surface area contributed by atoms with Crippen LogP contribution in [0.1, 0.15) is 23.3 Å². The number of hydrogen-bond donors (Lipinski definition) is 3. The summed E-state index contributed by atoms with van der Waals surface area (Å²) in [6.07, 6.45) is 0. The minimum absolute atomic E-state index is 0.0262. The summed E-state index contributed by atoms with van der Waals surface area (Å²) in [5.41, 5.74) is 3.56. The SMILES string of the molecule is COc1ccc(Cl)cc1NC(=O)CSC1=C(C#N)C(c2cccs2)C(C(=O)Nc2ccccc2C)=C(C)N1. The lowest BCUT2D eigenvalue weighted by Crippen LogP contribution is -2.31. The van der Waals surface area contributed by atoms with Gasteiger partial charge in [-0.25, -0.2) is 0 Å². The number of aryl methyl sites for hydroxylation is 1. The van der Waals surface area contributed by atoms with Crippen molar-refractivity contribution in [2.45, 2.75) is 19.8 Å². The van der Waals surface area contributed by atoms with E-state index in [2.05, 4.69) is 22.0 Å². The molecule has 7 nitrogen and oxygen atoms in total. The van der Waals surface area contributed by atoms with Gasteiger partial charge in [0, 0.05) is 26.9 Å². The first-order chi connectivity index (χ1) is 18.3. The molecule has 3 N–H and O–H groups in total. The fourth-order valence-corrected chi connectivity index (χ4v) is 5.98. The van der Waals surface area contributed by atoms with Crippen LogP contribution >= 0.6 is 34.7 Å². The summed E-state index contributed by atoms with van der Waals surface area (Å²) in [6.45, 7) is 3.73. The molecule has 1 atom stereocenters. The molecule has 194 valence electrons. The fourth-order valence-electron chi connectivity index (χ4n) is 4.07. The second kappa shape index (κ2) is 12.2. The lowest BCUT2D eigenvalue weighted by molar-refractivity contribution is -0.114. The molecule has 1 aliphatic heterocycles. The number of thioether (sulfide) groups is 1. The summed E-state index contributed by atoms with van der Waals surface area (Å²) in [5.74, 6) is -0.631. The minimum Gasteiger partial charge on any atom is -0.495 e. The largest absolute Gasteiger partial charge is 0.495 e. The number of dihydropyridines is 1. The van der Waals surface area contributed by atoms with Crippen LogP contribution < -0.4 is 20.7 Å². The minimum atomic E-state index is -0.566. The van der Waals surface area contributed by atoms with Gasteiger partial charge in [-0.3, -0.25) is 9.59 Å². The molecule has 0 fully saturated rings. The number of methoxy groups -OCH3 is 1. The van der Waals surface area contributed by atoms with Crippen molar-refractivity contribution in [1.29, 1.82) is 5.26 Å². The number of carbonyl (C=O) groups excluding carboxylic acids is 2. The van der Waals surface area contributed by atoms with Gasteiger partial charge in [0.2, 0.25) is 5.91 Å². The van der Waals surface area contributed by atoms with Gasteiger partial charge in [0.25, 0.3) is 5.91 Å². The number of ether oxygens (including phenoxy) is 1. The molecule has 4 rings (SSSR count). The number of nitriles is 1. The first-order valence-electron chi connectivity index (χ1n) is 11.6. The number of amides is 2. The average Bonchev–Trinajstić information content (AvgIpc) is 3.43. The number of nitrogens with one attached hydrogen (secondary N) is 3. The highest BCUT2D eigenvalue weighted by molar-refractivity contribution is 8.03. The second-order valence-corrected chi connectivity index (χ2v) is 10.8. The maximum absolute atomic E-state index is 13.5. The zero-order valence-electron chi connectivity index (χ0n) is 20.9. The van der Waals surface area contributed by atoms with Crippen LogP contribution in [0.3, 0.4) is 0 Å². The average molecular weight is 565 g/mol. The second-order valence-electron chi connectivity index (χ2n) is 8.42. The maximum Gasteiger partial charge on any atom is 0.254 e. The smallest absolute Gasteiger partial charge is 0.254 e. The number of para-hydroxylation sites is 1. The number of halogens is 1. The third-order valence-corrected chi connectivity index (χ3v) is 8.09. The van der Waals surface area contributed by atoms with Crippen LogP contribution in [0, 0.1) is 18.3 Å². The van der Waals surface area contributed by atoms with Crippen molar-refractivity contribution in [2.24, 2.45) is 0 Å². The van der Waals surface area contributed by atoms with E-state index in [9.17, 15) is 14.9 Å². The Kier molecular flexibility index (Phi) is 8.79. The molecule has 0 saturated heterocycles. The van der Waals surface area contributed by atoms with Crippen molar-refractivity contribution in [3.05, 3.63) is 97.3 Å². The van der Waals surface area contributed by atoms with Crippen LogP contribution in [0.5, 0.6) is 5.75 Å². The lowest BCUT2D eigenvalue weighted by Gasteiger charge is -2.29. The van der Waals surface area contributed by atoms with E-state index in [0.29, 0.717) is 44.0 Å². The Labute approximate surface area is 234 Å². The van der Waals surface area contributed by atoms with Crippen LogP contribution in [0.15, 0.2) is 81.8 Å².